The first-order chi connectivity index (χ1) is 36.0. The Morgan fingerprint density at radius 2 is 0.534 bits per heavy atom. The highest BCUT2D eigenvalue weighted by molar-refractivity contribution is 5.71. The van der Waals surface area contributed by atoms with Crippen LogP contribution in [0.4, 0.5) is 0 Å². The normalized spacial score (nSPS) is 12.5. The molecule has 0 amide bonds. The van der Waals surface area contributed by atoms with E-state index in [2.05, 4.69) is 93.7 Å². The van der Waals surface area contributed by atoms with Gasteiger partial charge in [-0.15, -0.1) is 0 Å². The lowest BCUT2D eigenvalue weighted by Crippen LogP contribution is -2.30. The summed E-state index contributed by atoms with van der Waals surface area (Å²) >= 11 is 0. The molecule has 1 atom stereocenters. The lowest BCUT2D eigenvalue weighted by atomic mass is 10.0. The molecule has 0 heterocycles. The molecule has 0 bridgehead atoms. The second kappa shape index (κ2) is 61.4. The van der Waals surface area contributed by atoms with Crippen molar-refractivity contribution in [2.75, 3.05) is 13.2 Å². The highest BCUT2D eigenvalue weighted by Crippen LogP contribution is 2.17. The van der Waals surface area contributed by atoms with Gasteiger partial charge in [-0.2, -0.15) is 0 Å². The van der Waals surface area contributed by atoms with Gasteiger partial charge >= 0.3 is 17.9 Å². The fourth-order valence-electron chi connectivity index (χ4n) is 9.00. The molecular formula is C67H118O6. The van der Waals surface area contributed by atoms with Crippen molar-refractivity contribution in [2.24, 2.45) is 0 Å². The molecule has 0 aromatic heterocycles. The van der Waals surface area contributed by atoms with Crippen molar-refractivity contribution in [3.05, 3.63) is 72.9 Å². The summed E-state index contributed by atoms with van der Waals surface area (Å²) in [6.45, 7) is 6.51. The Hall–Kier alpha value is -3.15. The van der Waals surface area contributed by atoms with Crippen LogP contribution in [0.25, 0.3) is 0 Å². The van der Waals surface area contributed by atoms with E-state index in [9.17, 15) is 14.4 Å². The zero-order valence-corrected chi connectivity index (χ0v) is 48.4. The lowest BCUT2D eigenvalue weighted by Gasteiger charge is -2.18. The van der Waals surface area contributed by atoms with Crippen LogP contribution in [0.2, 0.25) is 0 Å². The number of rotatable bonds is 57. The number of hydrogen-bond acceptors (Lipinski definition) is 6. The van der Waals surface area contributed by atoms with Crippen LogP contribution in [-0.4, -0.2) is 37.2 Å². The third kappa shape index (κ3) is 59.6. The van der Waals surface area contributed by atoms with E-state index in [0.29, 0.717) is 19.3 Å². The highest BCUT2D eigenvalue weighted by Gasteiger charge is 2.19. The summed E-state index contributed by atoms with van der Waals surface area (Å²) in [5, 5.41) is 0. The second-order valence-corrected chi connectivity index (χ2v) is 20.9. The molecule has 0 aliphatic rings. The van der Waals surface area contributed by atoms with Crippen molar-refractivity contribution < 1.29 is 28.6 Å². The molecule has 1 unspecified atom stereocenters. The maximum absolute atomic E-state index is 12.8. The third-order valence-electron chi connectivity index (χ3n) is 13.7. The van der Waals surface area contributed by atoms with Crippen LogP contribution in [0.3, 0.4) is 0 Å². The predicted molar refractivity (Wildman–Crippen MR) is 316 cm³/mol. The number of ether oxygens (including phenoxy) is 3. The van der Waals surface area contributed by atoms with Gasteiger partial charge in [-0.1, -0.05) is 280 Å². The number of allylic oxidation sites excluding steroid dienone is 12. The van der Waals surface area contributed by atoms with Gasteiger partial charge in [0.15, 0.2) is 6.10 Å². The minimum absolute atomic E-state index is 0.0740. The molecule has 0 aliphatic heterocycles. The number of carbonyl (C=O) groups excluding carboxylic acids is 3. The van der Waals surface area contributed by atoms with E-state index in [1.165, 1.54) is 180 Å². The Bertz CT molecular complexity index is 1360. The molecule has 0 rings (SSSR count). The molecule has 0 saturated heterocycles. The predicted octanol–water partition coefficient (Wildman–Crippen LogP) is 21.3. The van der Waals surface area contributed by atoms with Gasteiger partial charge in [0.1, 0.15) is 13.2 Å². The summed E-state index contributed by atoms with van der Waals surface area (Å²) < 4.78 is 16.8. The average Bonchev–Trinajstić information content (AvgIpc) is 3.39. The van der Waals surface area contributed by atoms with Crippen molar-refractivity contribution in [1.82, 2.24) is 0 Å². The Morgan fingerprint density at radius 1 is 0.288 bits per heavy atom. The summed E-state index contributed by atoms with van der Waals surface area (Å²) in [6.07, 6.45) is 79.4. The van der Waals surface area contributed by atoms with E-state index in [1.807, 2.05) is 0 Å². The zero-order chi connectivity index (χ0) is 52.9. The maximum atomic E-state index is 12.8. The van der Waals surface area contributed by atoms with E-state index in [4.69, 9.17) is 14.2 Å². The van der Waals surface area contributed by atoms with E-state index >= 15 is 0 Å². The molecular weight excluding hydrogens is 901 g/mol. The van der Waals surface area contributed by atoms with Gasteiger partial charge in [0.25, 0.3) is 0 Å². The number of esters is 3. The molecule has 0 radical (unpaired) electrons. The Morgan fingerprint density at radius 3 is 0.849 bits per heavy atom. The molecule has 0 saturated carbocycles. The largest absolute Gasteiger partial charge is 0.462 e. The standard InChI is InChI=1S/C67H118O6/c1-4-7-10-13-16-19-21-23-25-26-27-28-29-30-31-32-33-34-35-36-37-38-39-40-41-42-43-45-46-48-51-54-57-60-66(69)72-63-64(62-71-65(68)59-56-53-50-18-15-12-9-6-3)73-67(70)61-58-55-52-49-47-44-24-22-20-17-14-11-8-5-2/h7,10,16,19,22-25,27-28,30-31,64H,4-6,8-9,11-15,17-18,20-21,26,29,32-63H2,1-3H3/b10-7-,19-16-,24-22-,25-23-,28-27-,31-30-. The summed E-state index contributed by atoms with van der Waals surface area (Å²) in [5.41, 5.74) is 0. The van der Waals surface area contributed by atoms with Crippen LogP contribution in [0.1, 0.15) is 316 Å². The van der Waals surface area contributed by atoms with Crippen LogP contribution in [-0.2, 0) is 28.6 Å². The molecule has 0 N–H and O–H groups in total. The summed E-state index contributed by atoms with van der Waals surface area (Å²) in [7, 11) is 0. The maximum Gasteiger partial charge on any atom is 0.306 e. The first kappa shape index (κ1) is 69.8. The minimum atomic E-state index is -0.774. The smallest absolute Gasteiger partial charge is 0.306 e. The molecule has 0 aromatic carbocycles. The summed E-state index contributed by atoms with van der Waals surface area (Å²) in [5.74, 6) is -0.874. The lowest BCUT2D eigenvalue weighted by molar-refractivity contribution is -0.167. The Balaban J connectivity index is 4.02. The van der Waals surface area contributed by atoms with Gasteiger partial charge in [0, 0.05) is 19.3 Å². The topological polar surface area (TPSA) is 78.9 Å². The monoisotopic (exact) mass is 1020 g/mol. The quantitative estimate of drug-likeness (QED) is 0.0261. The van der Waals surface area contributed by atoms with Crippen molar-refractivity contribution >= 4 is 17.9 Å². The first-order valence-electron chi connectivity index (χ1n) is 31.4. The fourth-order valence-corrected chi connectivity index (χ4v) is 9.00. The fraction of sp³-hybridized carbons (Fsp3) is 0.776. The molecule has 422 valence electrons. The van der Waals surface area contributed by atoms with E-state index in [0.717, 1.165) is 96.3 Å². The van der Waals surface area contributed by atoms with Gasteiger partial charge in [-0.3, -0.25) is 14.4 Å². The van der Waals surface area contributed by atoms with E-state index in [-0.39, 0.29) is 31.1 Å². The highest BCUT2D eigenvalue weighted by atomic mass is 16.6. The van der Waals surface area contributed by atoms with E-state index < -0.39 is 6.10 Å². The average molecular weight is 1020 g/mol. The van der Waals surface area contributed by atoms with Crippen molar-refractivity contribution in [2.45, 2.75) is 322 Å². The van der Waals surface area contributed by atoms with Crippen LogP contribution < -0.4 is 0 Å². The van der Waals surface area contributed by atoms with Crippen LogP contribution >= 0.6 is 0 Å². The van der Waals surface area contributed by atoms with Crippen molar-refractivity contribution in [3.63, 3.8) is 0 Å². The molecule has 6 nitrogen and oxygen atoms in total. The molecule has 0 aliphatic carbocycles. The number of unbranched alkanes of at least 4 members (excludes halogenated alkanes) is 34. The van der Waals surface area contributed by atoms with Crippen molar-refractivity contribution in [3.8, 4) is 0 Å². The number of hydrogen-bond donors (Lipinski definition) is 0. The van der Waals surface area contributed by atoms with Gasteiger partial charge in [0.05, 0.1) is 0 Å². The Labute approximate surface area is 453 Å². The zero-order valence-electron chi connectivity index (χ0n) is 48.4. The van der Waals surface area contributed by atoms with Gasteiger partial charge in [-0.05, 0) is 89.9 Å². The molecule has 0 spiro atoms. The van der Waals surface area contributed by atoms with Gasteiger partial charge in [0.2, 0.25) is 0 Å². The van der Waals surface area contributed by atoms with Crippen LogP contribution in [0.15, 0.2) is 72.9 Å². The molecule has 0 fully saturated rings. The molecule has 6 heteroatoms. The number of carbonyl (C=O) groups is 3. The minimum Gasteiger partial charge on any atom is -0.462 e. The summed E-state index contributed by atoms with van der Waals surface area (Å²) in [6, 6.07) is 0. The van der Waals surface area contributed by atoms with E-state index in [1.54, 1.807) is 0 Å². The molecule has 73 heavy (non-hydrogen) atoms. The van der Waals surface area contributed by atoms with Crippen molar-refractivity contribution in [1.29, 1.82) is 0 Å². The molecule has 0 aromatic rings. The SMILES string of the molecule is CC/C=C\C/C=C\C/C=C\C/C=C\C/C=C\CCCCCCCCCCCCCCCCCCCC(=O)OCC(COC(=O)CCCCCCCCCC)OC(=O)CCCCCCC/C=C\CCCCCCC. The van der Waals surface area contributed by atoms with Crippen LogP contribution in [0, 0.1) is 0 Å². The Kier molecular flexibility index (Phi) is 58.7. The van der Waals surface area contributed by atoms with Gasteiger partial charge < -0.3 is 14.2 Å². The first-order valence-corrected chi connectivity index (χ1v) is 31.4. The van der Waals surface area contributed by atoms with Gasteiger partial charge in [-0.25, -0.2) is 0 Å². The second-order valence-electron chi connectivity index (χ2n) is 20.9. The third-order valence-corrected chi connectivity index (χ3v) is 13.7. The van der Waals surface area contributed by atoms with Crippen LogP contribution in [0.5, 0.6) is 0 Å². The summed E-state index contributed by atoms with van der Waals surface area (Å²) in [4.78, 5) is 38.0.